The van der Waals surface area contributed by atoms with Crippen LogP contribution in [0.1, 0.15) is 10.9 Å². The minimum Gasteiger partial charge on any atom is -0.508 e. The van der Waals surface area contributed by atoms with Crippen LogP contribution in [0.3, 0.4) is 0 Å². The third-order valence-corrected chi connectivity index (χ3v) is 5.09. The zero-order chi connectivity index (χ0) is 14.1. The molecule has 0 saturated heterocycles. The van der Waals surface area contributed by atoms with Crippen LogP contribution in [-0.2, 0) is 4.79 Å². The molecular formula is C13H12N2O3S2. The van der Waals surface area contributed by atoms with Gasteiger partial charge in [0.15, 0.2) is 6.04 Å². The van der Waals surface area contributed by atoms with Gasteiger partial charge in [0, 0.05) is 11.3 Å². The van der Waals surface area contributed by atoms with Crippen LogP contribution in [0.15, 0.2) is 40.4 Å². The Balaban J connectivity index is 1.73. The molecule has 2 atom stereocenters. The molecule has 2 unspecified atom stereocenters. The van der Waals surface area contributed by atoms with E-state index in [1.807, 2.05) is 17.5 Å². The van der Waals surface area contributed by atoms with Crippen LogP contribution in [0, 0.1) is 0 Å². The molecule has 0 radical (unpaired) electrons. The fourth-order valence-corrected chi connectivity index (χ4v) is 4.04. The maximum Gasteiger partial charge on any atom is 0.329 e. The molecule has 0 spiro atoms. The molecule has 3 rings (SSSR count). The number of nitrogens with zero attached hydrogens (tertiary/aromatic N) is 1. The Kier molecular flexibility index (Phi) is 3.62. The van der Waals surface area contributed by atoms with Crippen LogP contribution in [0.4, 0.5) is 0 Å². The molecule has 1 aromatic carbocycles. The zero-order valence-corrected chi connectivity index (χ0v) is 11.9. The molecule has 0 fully saturated rings. The van der Waals surface area contributed by atoms with Crippen LogP contribution in [0.5, 0.6) is 5.75 Å². The Hall–Kier alpha value is -1.60. The van der Waals surface area contributed by atoms with Gasteiger partial charge in [-0.1, -0.05) is 18.2 Å². The van der Waals surface area contributed by atoms with Crippen molar-refractivity contribution in [3.8, 4) is 5.75 Å². The summed E-state index contributed by atoms with van der Waals surface area (Å²) in [4.78, 5) is 15.1. The molecule has 0 bridgehead atoms. The van der Waals surface area contributed by atoms with E-state index in [0.29, 0.717) is 5.75 Å². The number of aliphatic carboxylic acids is 1. The number of thioether (sulfide) groups is 2. The first-order valence-electron chi connectivity index (χ1n) is 5.99. The highest BCUT2D eigenvalue weighted by Crippen LogP contribution is 2.40. The molecule has 0 aromatic heterocycles. The number of aliphatic imine (C=N–C) groups is 1. The maximum atomic E-state index is 10.9. The van der Waals surface area contributed by atoms with Crippen molar-refractivity contribution < 1.29 is 15.0 Å². The topological polar surface area (TPSA) is 81.9 Å². The van der Waals surface area contributed by atoms with Gasteiger partial charge in [0.25, 0.3) is 0 Å². The number of hydrogen-bond acceptors (Lipinski definition) is 6. The average molecular weight is 308 g/mol. The van der Waals surface area contributed by atoms with Gasteiger partial charge in [-0.15, -0.1) is 23.5 Å². The summed E-state index contributed by atoms with van der Waals surface area (Å²) < 4.78 is 0. The summed E-state index contributed by atoms with van der Waals surface area (Å²) in [5.41, 5.74) is 1.64. The third kappa shape index (κ3) is 2.51. The lowest BCUT2D eigenvalue weighted by Crippen LogP contribution is -2.18. The number of aromatic hydroxyl groups is 1. The number of hydrogen-bond donors (Lipinski definition) is 3. The number of carboxylic acid groups (broad SMARTS) is 1. The predicted octanol–water partition coefficient (Wildman–Crippen LogP) is 2.17. The molecule has 104 valence electrons. The van der Waals surface area contributed by atoms with E-state index in [-0.39, 0.29) is 11.1 Å². The van der Waals surface area contributed by atoms with E-state index in [0.717, 1.165) is 16.3 Å². The molecule has 2 aliphatic heterocycles. The standard InChI is InChI=1S/C13H12N2O3S2/c16-10-4-2-1-3-7(10)11-14-8(5-19-11)12-15-9(6-20-12)13(17)18/h1-5,9,11,14,16H,6H2,(H,17,18). The van der Waals surface area contributed by atoms with Gasteiger partial charge in [0.1, 0.15) is 16.2 Å². The number of phenols is 1. The second kappa shape index (κ2) is 5.41. The van der Waals surface area contributed by atoms with Gasteiger partial charge < -0.3 is 15.5 Å². The van der Waals surface area contributed by atoms with Crippen molar-refractivity contribution in [3.05, 3.63) is 40.9 Å². The predicted molar refractivity (Wildman–Crippen MR) is 81.0 cm³/mol. The van der Waals surface area contributed by atoms with Crippen molar-refractivity contribution >= 4 is 34.5 Å². The fraction of sp³-hybridized carbons (Fsp3) is 0.231. The Morgan fingerprint density at radius 2 is 2.20 bits per heavy atom. The zero-order valence-electron chi connectivity index (χ0n) is 10.3. The van der Waals surface area contributed by atoms with Gasteiger partial charge >= 0.3 is 5.97 Å². The lowest BCUT2D eigenvalue weighted by molar-refractivity contribution is -0.137. The van der Waals surface area contributed by atoms with Crippen molar-refractivity contribution in [2.45, 2.75) is 11.4 Å². The molecule has 7 heteroatoms. The number of benzene rings is 1. The summed E-state index contributed by atoms with van der Waals surface area (Å²) >= 11 is 2.98. The van der Waals surface area contributed by atoms with E-state index >= 15 is 0 Å². The Morgan fingerprint density at radius 3 is 2.90 bits per heavy atom. The Morgan fingerprint density at radius 1 is 1.40 bits per heavy atom. The molecule has 2 heterocycles. The van der Waals surface area contributed by atoms with Gasteiger partial charge in [-0.05, 0) is 11.5 Å². The van der Waals surface area contributed by atoms with Crippen molar-refractivity contribution in [1.29, 1.82) is 0 Å². The smallest absolute Gasteiger partial charge is 0.329 e. The average Bonchev–Trinajstić information content (AvgIpc) is 3.08. The number of carboxylic acids is 1. The molecule has 0 saturated carbocycles. The molecule has 1 aromatic rings. The summed E-state index contributed by atoms with van der Waals surface area (Å²) in [6.45, 7) is 0. The van der Waals surface area contributed by atoms with E-state index in [2.05, 4.69) is 10.3 Å². The minimum atomic E-state index is -0.893. The second-order valence-electron chi connectivity index (χ2n) is 4.35. The Labute approximate surface area is 124 Å². The lowest BCUT2D eigenvalue weighted by atomic mass is 10.2. The van der Waals surface area contributed by atoms with Gasteiger partial charge in [-0.25, -0.2) is 4.79 Å². The summed E-state index contributed by atoms with van der Waals surface area (Å²) in [5.74, 6) is -0.178. The molecule has 2 aliphatic rings. The molecular weight excluding hydrogens is 296 g/mol. The largest absolute Gasteiger partial charge is 0.508 e. The molecule has 20 heavy (non-hydrogen) atoms. The van der Waals surface area contributed by atoms with Gasteiger partial charge in [-0.2, -0.15) is 0 Å². The first kappa shape index (κ1) is 13.4. The lowest BCUT2D eigenvalue weighted by Gasteiger charge is -2.14. The van der Waals surface area contributed by atoms with E-state index in [1.54, 1.807) is 12.1 Å². The monoisotopic (exact) mass is 308 g/mol. The van der Waals surface area contributed by atoms with Crippen molar-refractivity contribution in [1.82, 2.24) is 5.32 Å². The van der Waals surface area contributed by atoms with E-state index in [1.165, 1.54) is 23.5 Å². The maximum absolute atomic E-state index is 10.9. The first-order valence-corrected chi connectivity index (χ1v) is 7.92. The summed E-state index contributed by atoms with van der Waals surface area (Å²) in [6.07, 6.45) is 0. The van der Waals surface area contributed by atoms with Crippen LogP contribution in [0.25, 0.3) is 0 Å². The molecule has 3 N–H and O–H groups in total. The normalized spacial score (nSPS) is 25.0. The fourth-order valence-electron chi connectivity index (χ4n) is 1.97. The van der Waals surface area contributed by atoms with Crippen molar-refractivity contribution in [3.63, 3.8) is 0 Å². The van der Waals surface area contributed by atoms with Gasteiger partial charge in [0.05, 0.1) is 5.70 Å². The number of para-hydroxylation sites is 1. The van der Waals surface area contributed by atoms with Crippen LogP contribution >= 0.6 is 23.5 Å². The highest BCUT2D eigenvalue weighted by Gasteiger charge is 2.30. The van der Waals surface area contributed by atoms with Crippen LogP contribution < -0.4 is 5.32 Å². The molecule has 5 nitrogen and oxygen atoms in total. The number of nitrogens with one attached hydrogen (secondary N) is 1. The molecule has 0 aliphatic carbocycles. The Bertz CT molecular complexity index is 615. The van der Waals surface area contributed by atoms with E-state index in [9.17, 15) is 9.90 Å². The summed E-state index contributed by atoms with van der Waals surface area (Å²) in [7, 11) is 0. The van der Waals surface area contributed by atoms with Crippen molar-refractivity contribution in [2.75, 3.05) is 5.75 Å². The summed E-state index contributed by atoms with van der Waals surface area (Å²) in [5, 5.41) is 24.6. The highest BCUT2D eigenvalue weighted by molar-refractivity contribution is 8.15. The van der Waals surface area contributed by atoms with Crippen LogP contribution in [0.2, 0.25) is 0 Å². The quantitative estimate of drug-likeness (QED) is 0.794. The van der Waals surface area contributed by atoms with Gasteiger partial charge in [-0.3, -0.25) is 4.99 Å². The SMILES string of the molecule is O=C(O)C1CSC(C2=CSC(c3ccccc3O)N2)=N1. The van der Waals surface area contributed by atoms with Gasteiger partial charge in [0.2, 0.25) is 0 Å². The molecule has 0 amide bonds. The minimum absolute atomic E-state index is 0.0709. The summed E-state index contributed by atoms with van der Waals surface area (Å²) in [6, 6.07) is 6.50. The number of phenolic OH excluding ortho intramolecular Hbond substituents is 1. The highest BCUT2D eigenvalue weighted by atomic mass is 32.2. The van der Waals surface area contributed by atoms with E-state index < -0.39 is 12.0 Å². The first-order chi connectivity index (χ1) is 9.65. The van der Waals surface area contributed by atoms with Crippen molar-refractivity contribution in [2.24, 2.45) is 4.99 Å². The van der Waals surface area contributed by atoms with Crippen LogP contribution in [-0.4, -0.2) is 33.0 Å². The third-order valence-electron chi connectivity index (χ3n) is 2.99. The number of rotatable bonds is 3. The number of carbonyl (C=O) groups is 1. The van der Waals surface area contributed by atoms with E-state index in [4.69, 9.17) is 5.11 Å². The second-order valence-corrected chi connectivity index (χ2v) is 6.34.